The summed E-state index contributed by atoms with van der Waals surface area (Å²) >= 11 is 0. The molecule has 20 heavy (non-hydrogen) atoms. The second-order valence-electron chi connectivity index (χ2n) is 4.79. The molecule has 1 N–H and O–H groups in total. The van der Waals surface area contributed by atoms with Gasteiger partial charge < -0.3 is 9.67 Å². The Bertz CT molecular complexity index is 622. The van der Waals surface area contributed by atoms with Gasteiger partial charge in [0.2, 0.25) is 0 Å². The number of benzene rings is 1. The summed E-state index contributed by atoms with van der Waals surface area (Å²) in [7, 11) is 4.07. The average Bonchev–Trinajstić information content (AvgIpc) is 2.82. The summed E-state index contributed by atoms with van der Waals surface area (Å²) in [6.07, 6.45) is 3.77. The quantitative estimate of drug-likeness (QED) is 0.853. The Morgan fingerprint density at radius 1 is 1.35 bits per heavy atom. The molecule has 0 saturated carbocycles. The molecule has 0 atom stereocenters. The Labute approximate surface area is 119 Å². The maximum Gasteiger partial charge on any atom is 0.122 e. The first-order chi connectivity index (χ1) is 9.69. The molecule has 1 heterocycles. The van der Waals surface area contributed by atoms with Crippen molar-refractivity contribution in [3.63, 3.8) is 0 Å². The Morgan fingerprint density at radius 2 is 2.20 bits per heavy atom. The first-order valence-electron chi connectivity index (χ1n) is 6.52. The van der Waals surface area contributed by atoms with E-state index in [0.717, 1.165) is 24.5 Å². The van der Waals surface area contributed by atoms with Crippen LogP contribution in [0.1, 0.15) is 17.0 Å². The fraction of sp³-hybridized carbons (Fsp3) is 0.312. The molecule has 0 aliphatic carbocycles. The van der Waals surface area contributed by atoms with E-state index in [1.165, 1.54) is 5.56 Å². The minimum absolute atomic E-state index is 0.108. The molecule has 0 spiro atoms. The van der Waals surface area contributed by atoms with Crippen LogP contribution in [0.3, 0.4) is 0 Å². The fourth-order valence-corrected chi connectivity index (χ4v) is 2.05. The maximum atomic E-state index is 8.72. The van der Waals surface area contributed by atoms with Crippen molar-refractivity contribution in [1.29, 1.82) is 0 Å². The van der Waals surface area contributed by atoms with Crippen LogP contribution in [-0.4, -0.2) is 33.2 Å². The lowest BCUT2D eigenvalue weighted by atomic mass is 10.1. The third-order valence-corrected chi connectivity index (χ3v) is 3.02. The van der Waals surface area contributed by atoms with Crippen LogP contribution in [0.5, 0.6) is 0 Å². The first kappa shape index (κ1) is 14.3. The maximum absolute atomic E-state index is 8.72. The Morgan fingerprint density at radius 3 is 2.90 bits per heavy atom. The number of nitrogens with zero attached hydrogens (tertiary/aromatic N) is 3. The Kier molecular flexibility index (Phi) is 4.94. The highest BCUT2D eigenvalue weighted by molar-refractivity contribution is 5.37. The van der Waals surface area contributed by atoms with Gasteiger partial charge in [-0.15, -0.1) is 0 Å². The van der Waals surface area contributed by atoms with Crippen LogP contribution in [0.15, 0.2) is 36.7 Å². The zero-order valence-electron chi connectivity index (χ0n) is 11.9. The van der Waals surface area contributed by atoms with Crippen LogP contribution in [0.25, 0.3) is 0 Å². The smallest absolute Gasteiger partial charge is 0.122 e. The molecule has 0 fully saturated rings. The minimum atomic E-state index is -0.108. The van der Waals surface area contributed by atoms with Gasteiger partial charge in [-0.2, -0.15) is 0 Å². The SMILES string of the molecule is CN(Cc1cccc(C#CCO)c1)Cc1nccn1C. The third kappa shape index (κ3) is 3.95. The van der Waals surface area contributed by atoms with Crippen LogP contribution in [0.4, 0.5) is 0 Å². The predicted octanol–water partition coefficient (Wildman–Crippen LogP) is 1.40. The number of hydrogen-bond donors (Lipinski definition) is 1. The fourth-order valence-electron chi connectivity index (χ4n) is 2.05. The number of aryl methyl sites for hydroxylation is 1. The van der Waals surface area contributed by atoms with Crippen molar-refractivity contribution in [3.8, 4) is 11.8 Å². The van der Waals surface area contributed by atoms with Gasteiger partial charge in [0, 0.05) is 31.5 Å². The molecular weight excluding hydrogens is 250 g/mol. The molecule has 2 rings (SSSR count). The van der Waals surface area contributed by atoms with Gasteiger partial charge in [0.05, 0.1) is 6.54 Å². The topological polar surface area (TPSA) is 41.3 Å². The zero-order valence-corrected chi connectivity index (χ0v) is 11.9. The summed E-state index contributed by atoms with van der Waals surface area (Å²) in [4.78, 5) is 6.54. The van der Waals surface area contributed by atoms with Gasteiger partial charge in [0.25, 0.3) is 0 Å². The molecular formula is C16H19N3O. The van der Waals surface area contributed by atoms with Crippen LogP contribution in [-0.2, 0) is 20.1 Å². The molecule has 4 heteroatoms. The minimum Gasteiger partial charge on any atom is -0.384 e. The molecule has 104 valence electrons. The van der Waals surface area contributed by atoms with E-state index in [0.29, 0.717) is 0 Å². The highest BCUT2D eigenvalue weighted by Gasteiger charge is 2.05. The van der Waals surface area contributed by atoms with Gasteiger partial charge in [-0.25, -0.2) is 4.98 Å². The van der Waals surface area contributed by atoms with Gasteiger partial charge in [-0.3, -0.25) is 4.90 Å². The van der Waals surface area contributed by atoms with Gasteiger partial charge in [-0.1, -0.05) is 24.0 Å². The van der Waals surface area contributed by atoms with Crippen LogP contribution < -0.4 is 0 Å². The Hall–Kier alpha value is -2.09. The van der Waals surface area contributed by atoms with E-state index >= 15 is 0 Å². The lowest BCUT2D eigenvalue weighted by Crippen LogP contribution is -2.19. The molecule has 2 aromatic rings. The lowest BCUT2D eigenvalue weighted by Gasteiger charge is -2.16. The number of aromatic nitrogens is 2. The highest BCUT2D eigenvalue weighted by atomic mass is 16.2. The summed E-state index contributed by atoms with van der Waals surface area (Å²) < 4.78 is 2.03. The second kappa shape index (κ2) is 6.90. The summed E-state index contributed by atoms with van der Waals surface area (Å²) in [5.41, 5.74) is 2.13. The largest absolute Gasteiger partial charge is 0.384 e. The molecule has 0 saturated heterocycles. The van der Waals surface area contributed by atoms with Gasteiger partial charge in [-0.05, 0) is 24.7 Å². The van der Waals surface area contributed by atoms with Crippen LogP contribution in [0.2, 0.25) is 0 Å². The van der Waals surface area contributed by atoms with Crippen LogP contribution >= 0.6 is 0 Å². The van der Waals surface area contributed by atoms with E-state index in [2.05, 4.69) is 40.9 Å². The summed E-state index contributed by atoms with van der Waals surface area (Å²) in [5.74, 6) is 6.64. The van der Waals surface area contributed by atoms with Crippen molar-refractivity contribution < 1.29 is 5.11 Å². The van der Waals surface area contributed by atoms with Crippen molar-refractivity contribution in [1.82, 2.24) is 14.5 Å². The first-order valence-corrected chi connectivity index (χ1v) is 6.52. The van der Waals surface area contributed by atoms with Crippen molar-refractivity contribution >= 4 is 0 Å². The second-order valence-corrected chi connectivity index (χ2v) is 4.79. The molecule has 1 aromatic carbocycles. The molecule has 0 radical (unpaired) electrons. The van der Waals surface area contributed by atoms with Crippen molar-refractivity contribution in [3.05, 3.63) is 53.6 Å². The van der Waals surface area contributed by atoms with E-state index in [1.54, 1.807) is 0 Å². The lowest BCUT2D eigenvalue weighted by molar-refractivity contribution is 0.307. The highest BCUT2D eigenvalue weighted by Crippen LogP contribution is 2.09. The average molecular weight is 269 g/mol. The molecule has 0 bridgehead atoms. The normalized spacial score (nSPS) is 10.4. The van der Waals surface area contributed by atoms with Crippen molar-refractivity contribution in [2.45, 2.75) is 13.1 Å². The molecule has 1 aromatic heterocycles. The number of imidazole rings is 1. The number of aliphatic hydroxyl groups excluding tert-OH is 1. The predicted molar refractivity (Wildman–Crippen MR) is 78.8 cm³/mol. The molecule has 4 nitrogen and oxygen atoms in total. The van der Waals surface area contributed by atoms with E-state index in [1.807, 2.05) is 36.1 Å². The standard InChI is InChI=1S/C16H19N3O/c1-18(13-16-17-8-9-19(16)2)12-15-6-3-5-14(11-15)7-4-10-20/h3,5-6,8-9,11,20H,10,12-13H2,1-2H3. The van der Waals surface area contributed by atoms with Crippen molar-refractivity contribution in [2.75, 3.05) is 13.7 Å². The van der Waals surface area contributed by atoms with E-state index in [9.17, 15) is 0 Å². The van der Waals surface area contributed by atoms with Gasteiger partial charge in [0.1, 0.15) is 12.4 Å². The molecule has 0 aliphatic heterocycles. The van der Waals surface area contributed by atoms with E-state index in [-0.39, 0.29) is 6.61 Å². The number of hydrogen-bond acceptors (Lipinski definition) is 3. The Balaban J connectivity index is 2.00. The van der Waals surface area contributed by atoms with Crippen molar-refractivity contribution in [2.24, 2.45) is 7.05 Å². The van der Waals surface area contributed by atoms with Crippen LogP contribution in [0, 0.1) is 11.8 Å². The van der Waals surface area contributed by atoms with Gasteiger partial charge in [0.15, 0.2) is 0 Å². The van der Waals surface area contributed by atoms with E-state index in [4.69, 9.17) is 5.11 Å². The summed E-state index contributed by atoms with van der Waals surface area (Å²) in [6, 6.07) is 8.08. The monoisotopic (exact) mass is 269 g/mol. The number of rotatable bonds is 4. The van der Waals surface area contributed by atoms with Gasteiger partial charge >= 0.3 is 0 Å². The zero-order chi connectivity index (χ0) is 14.4. The molecule has 0 amide bonds. The third-order valence-electron chi connectivity index (χ3n) is 3.02. The summed E-state index contributed by atoms with van der Waals surface area (Å²) in [5, 5.41) is 8.72. The number of aliphatic hydroxyl groups is 1. The van der Waals surface area contributed by atoms with E-state index < -0.39 is 0 Å². The molecule has 0 unspecified atom stereocenters. The summed E-state index contributed by atoms with van der Waals surface area (Å²) in [6.45, 7) is 1.53. The molecule has 0 aliphatic rings.